The van der Waals surface area contributed by atoms with Gasteiger partial charge < -0.3 is 0 Å². The SMILES string of the molecule is Cc1ccc(S(=O)(=O)N2c3ccccc3C=CC2c2ccc3ccccc3c2)cc1. The third kappa shape index (κ3) is 3.10. The maximum Gasteiger partial charge on any atom is 0.265 e. The van der Waals surface area contributed by atoms with Gasteiger partial charge in [-0.1, -0.05) is 84.4 Å². The Morgan fingerprint density at radius 1 is 0.767 bits per heavy atom. The van der Waals surface area contributed by atoms with E-state index < -0.39 is 16.1 Å². The van der Waals surface area contributed by atoms with Crippen molar-refractivity contribution in [2.75, 3.05) is 4.31 Å². The molecule has 4 aromatic rings. The summed E-state index contributed by atoms with van der Waals surface area (Å²) in [6.45, 7) is 1.95. The molecule has 3 nitrogen and oxygen atoms in total. The number of benzene rings is 4. The first kappa shape index (κ1) is 18.6. The van der Waals surface area contributed by atoms with Crippen molar-refractivity contribution in [3.8, 4) is 0 Å². The number of nitrogens with zero attached hydrogens (tertiary/aromatic N) is 1. The van der Waals surface area contributed by atoms with Gasteiger partial charge in [-0.15, -0.1) is 0 Å². The van der Waals surface area contributed by atoms with Crippen LogP contribution in [0.15, 0.2) is 102 Å². The standard InChI is InChI=1S/C26H21NO2S/c1-19-10-15-24(16-11-19)30(28,29)27-25-9-5-4-7-21(25)14-17-26(27)23-13-12-20-6-2-3-8-22(20)18-23/h2-18,26H,1H3. The summed E-state index contributed by atoms with van der Waals surface area (Å²) in [5, 5.41) is 2.23. The summed E-state index contributed by atoms with van der Waals surface area (Å²) < 4.78 is 29.2. The number of hydrogen-bond donors (Lipinski definition) is 0. The molecule has 1 aliphatic heterocycles. The Morgan fingerprint density at radius 3 is 2.27 bits per heavy atom. The van der Waals surface area contributed by atoms with E-state index in [9.17, 15) is 8.42 Å². The first-order chi connectivity index (χ1) is 14.5. The molecule has 0 fully saturated rings. The Kier molecular flexibility index (Phi) is 4.44. The van der Waals surface area contributed by atoms with E-state index in [0.717, 1.165) is 27.5 Å². The molecule has 0 radical (unpaired) electrons. The minimum absolute atomic E-state index is 0.295. The normalized spacial score (nSPS) is 15.9. The van der Waals surface area contributed by atoms with Gasteiger partial charge in [0.1, 0.15) is 0 Å². The molecule has 148 valence electrons. The topological polar surface area (TPSA) is 37.4 Å². The second kappa shape index (κ2) is 7.15. The summed E-state index contributed by atoms with van der Waals surface area (Å²) >= 11 is 0. The molecule has 1 aliphatic rings. The average Bonchev–Trinajstić information content (AvgIpc) is 2.78. The van der Waals surface area contributed by atoms with Crippen LogP contribution in [0.5, 0.6) is 0 Å². The second-order valence-corrected chi connectivity index (χ2v) is 9.40. The van der Waals surface area contributed by atoms with Crippen molar-refractivity contribution >= 4 is 32.6 Å². The van der Waals surface area contributed by atoms with Crippen LogP contribution in [-0.4, -0.2) is 8.42 Å². The smallest absolute Gasteiger partial charge is 0.254 e. The van der Waals surface area contributed by atoms with Gasteiger partial charge in [0.15, 0.2) is 0 Å². The van der Waals surface area contributed by atoms with Gasteiger partial charge in [-0.2, -0.15) is 0 Å². The fourth-order valence-electron chi connectivity index (χ4n) is 3.99. The van der Waals surface area contributed by atoms with E-state index in [1.807, 2.05) is 73.7 Å². The van der Waals surface area contributed by atoms with Gasteiger partial charge in [-0.25, -0.2) is 8.42 Å². The van der Waals surface area contributed by atoms with E-state index in [0.29, 0.717) is 10.6 Å². The van der Waals surface area contributed by atoms with Crippen LogP contribution in [0.4, 0.5) is 5.69 Å². The zero-order valence-corrected chi connectivity index (χ0v) is 17.4. The lowest BCUT2D eigenvalue weighted by Gasteiger charge is -2.35. The van der Waals surface area contributed by atoms with Crippen molar-refractivity contribution in [2.45, 2.75) is 17.9 Å². The first-order valence-electron chi connectivity index (χ1n) is 9.91. The lowest BCUT2D eigenvalue weighted by atomic mass is 9.97. The molecule has 0 spiro atoms. The molecular weight excluding hydrogens is 390 g/mol. The van der Waals surface area contributed by atoms with Gasteiger partial charge in [-0.05, 0) is 53.1 Å². The Balaban J connectivity index is 1.70. The van der Waals surface area contributed by atoms with E-state index in [1.54, 1.807) is 16.4 Å². The van der Waals surface area contributed by atoms with Crippen LogP contribution in [0, 0.1) is 6.92 Å². The zero-order valence-electron chi connectivity index (χ0n) is 16.6. The van der Waals surface area contributed by atoms with Crippen molar-refractivity contribution in [3.63, 3.8) is 0 Å². The predicted molar refractivity (Wildman–Crippen MR) is 123 cm³/mol. The zero-order chi connectivity index (χ0) is 20.7. The van der Waals surface area contributed by atoms with E-state index in [-0.39, 0.29) is 0 Å². The molecular formula is C26H21NO2S. The highest BCUT2D eigenvalue weighted by atomic mass is 32.2. The Labute approximate surface area is 177 Å². The first-order valence-corrected chi connectivity index (χ1v) is 11.4. The molecule has 0 N–H and O–H groups in total. The van der Waals surface area contributed by atoms with Gasteiger partial charge in [0.25, 0.3) is 10.0 Å². The molecule has 0 amide bonds. The Morgan fingerprint density at radius 2 is 1.47 bits per heavy atom. The highest BCUT2D eigenvalue weighted by molar-refractivity contribution is 7.92. The number of rotatable bonds is 3. The fourth-order valence-corrected chi connectivity index (χ4v) is 5.62. The number of sulfonamides is 1. The molecule has 0 aromatic heterocycles. The Hall–Kier alpha value is -3.37. The summed E-state index contributed by atoms with van der Waals surface area (Å²) in [6.07, 6.45) is 3.98. The van der Waals surface area contributed by atoms with Gasteiger partial charge in [-0.3, -0.25) is 4.31 Å². The average molecular weight is 412 g/mol. The van der Waals surface area contributed by atoms with Gasteiger partial charge in [0.2, 0.25) is 0 Å². The largest absolute Gasteiger partial charge is 0.265 e. The van der Waals surface area contributed by atoms with Gasteiger partial charge in [0.05, 0.1) is 16.6 Å². The molecule has 30 heavy (non-hydrogen) atoms. The maximum absolute atomic E-state index is 13.8. The summed E-state index contributed by atoms with van der Waals surface area (Å²) in [7, 11) is -3.76. The summed E-state index contributed by atoms with van der Waals surface area (Å²) in [5.41, 5.74) is 3.55. The van der Waals surface area contributed by atoms with E-state index in [2.05, 4.69) is 24.3 Å². The number of hydrogen-bond acceptors (Lipinski definition) is 2. The lowest BCUT2D eigenvalue weighted by Crippen LogP contribution is -2.36. The highest BCUT2D eigenvalue weighted by Gasteiger charge is 2.34. The minimum Gasteiger partial charge on any atom is -0.254 e. The van der Waals surface area contributed by atoms with Crippen molar-refractivity contribution < 1.29 is 8.42 Å². The lowest BCUT2D eigenvalue weighted by molar-refractivity contribution is 0.586. The maximum atomic E-state index is 13.8. The molecule has 4 heteroatoms. The molecule has 5 rings (SSSR count). The quantitative estimate of drug-likeness (QED) is 0.408. The van der Waals surface area contributed by atoms with Crippen LogP contribution < -0.4 is 4.31 Å². The fraction of sp³-hybridized carbons (Fsp3) is 0.0769. The van der Waals surface area contributed by atoms with Gasteiger partial charge in [0, 0.05) is 0 Å². The third-order valence-corrected chi connectivity index (χ3v) is 7.39. The number of anilines is 1. The minimum atomic E-state index is -3.76. The summed E-state index contributed by atoms with van der Waals surface area (Å²) in [4.78, 5) is 0.295. The van der Waals surface area contributed by atoms with E-state index >= 15 is 0 Å². The van der Waals surface area contributed by atoms with Crippen molar-refractivity contribution in [1.82, 2.24) is 0 Å². The van der Waals surface area contributed by atoms with Gasteiger partial charge >= 0.3 is 0 Å². The predicted octanol–water partition coefficient (Wildman–Crippen LogP) is 6.11. The van der Waals surface area contributed by atoms with Crippen LogP contribution in [0.1, 0.15) is 22.7 Å². The summed E-state index contributed by atoms with van der Waals surface area (Å²) in [5.74, 6) is 0. The van der Waals surface area contributed by atoms with Crippen LogP contribution in [0.3, 0.4) is 0 Å². The van der Waals surface area contributed by atoms with E-state index in [4.69, 9.17) is 0 Å². The molecule has 1 unspecified atom stereocenters. The van der Waals surface area contributed by atoms with Crippen LogP contribution in [0.25, 0.3) is 16.8 Å². The van der Waals surface area contributed by atoms with Crippen LogP contribution in [-0.2, 0) is 10.0 Å². The molecule has 0 bridgehead atoms. The summed E-state index contributed by atoms with van der Waals surface area (Å²) in [6, 6.07) is 28.5. The molecule has 0 aliphatic carbocycles. The van der Waals surface area contributed by atoms with Crippen molar-refractivity contribution in [1.29, 1.82) is 0 Å². The highest BCUT2D eigenvalue weighted by Crippen LogP contribution is 2.41. The van der Waals surface area contributed by atoms with Crippen molar-refractivity contribution in [2.24, 2.45) is 0 Å². The second-order valence-electron chi connectivity index (χ2n) is 7.58. The van der Waals surface area contributed by atoms with Crippen LogP contribution in [0.2, 0.25) is 0 Å². The van der Waals surface area contributed by atoms with Crippen molar-refractivity contribution in [3.05, 3.63) is 114 Å². The number of para-hydroxylation sites is 1. The number of fused-ring (bicyclic) bond motifs is 2. The molecule has 4 aromatic carbocycles. The monoisotopic (exact) mass is 411 g/mol. The molecule has 0 saturated heterocycles. The number of aryl methyl sites for hydroxylation is 1. The molecule has 1 heterocycles. The Bertz CT molecular complexity index is 1370. The van der Waals surface area contributed by atoms with Crippen LogP contribution >= 0.6 is 0 Å². The molecule has 0 saturated carbocycles. The van der Waals surface area contributed by atoms with E-state index in [1.165, 1.54) is 0 Å². The molecule has 1 atom stereocenters. The third-order valence-electron chi connectivity index (χ3n) is 5.58.